The summed E-state index contributed by atoms with van der Waals surface area (Å²) in [6.45, 7) is 16.0. The van der Waals surface area contributed by atoms with E-state index >= 15 is 0 Å². The molecule has 0 saturated carbocycles. The SMILES string of the molecule is C[Si](C)(C)c1cc(N)ccc1CN1CCN(CP(C)(C)=O)CC1. The average Bonchev–Trinajstić information content (AvgIpc) is 2.40. The highest BCUT2D eigenvalue weighted by molar-refractivity contribution is 7.62. The van der Waals surface area contributed by atoms with Gasteiger partial charge in [0.15, 0.2) is 0 Å². The van der Waals surface area contributed by atoms with Gasteiger partial charge in [-0.15, -0.1) is 0 Å². The molecule has 0 bridgehead atoms. The Morgan fingerprint density at radius 1 is 1.09 bits per heavy atom. The lowest BCUT2D eigenvalue weighted by Crippen LogP contribution is -2.48. The molecule has 1 fully saturated rings. The maximum absolute atomic E-state index is 12.0. The zero-order valence-corrected chi connectivity index (χ0v) is 17.2. The molecule has 2 N–H and O–H groups in total. The van der Waals surface area contributed by atoms with Crippen LogP contribution in [0.5, 0.6) is 0 Å². The normalized spacial score (nSPS) is 18.3. The number of nitrogens with two attached hydrogens (primary N) is 1. The molecule has 2 rings (SSSR count). The van der Waals surface area contributed by atoms with Crippen molar-refractivity contribution < 1.29 is 4.57 Å². The summed E-state index contributed by atoms with van der Waals surface area (Å²) in [7, 11) is -3.35. The standard InChI is InChI=1S/C17H32N3OPSi/c1-22(2,21)14-20-10-8-19(9-11-20)13-15-6-7-16(18)12-17(15)23(3,4)5/h6-7,12H,8-11,13-14,18H2,1-5H3. The third-order valence-electron chi connectivity index (χ3n) is 4.34. The highest BCUT2D eigenvalue weighted by atomic mass is 31.2. The van der Waals surface area contributed by atoms with Crippen molar-refractivity contribution >= 4 is 26.1 Å². The Labute approximate surface area is 142 Å². The van der Waals surface area contributed by atoms with Gasteiger partial charge in [-0.2, -0.15) is 0 Å². The smallest absolute Gasteiger partial charge is 0.0951 e. The minimum atomic E-state index is -1.96. The van der Waals surface area contributed by atoms with E-state index in [-0.39, 0.29) is 0 Å². The molecule has 130 valence electrons. The van der Waals surface area contributed by atoms with Crippen molar-refractivity contribution in [1.29, 1.82) is 0 Å². The van der Waals surface area contributed by atoms with E-state index in [2.05, 4.69) is 41.6 Å². The largest absolute Gasteiger partial charge is 0.399 e. The zero-order chi connectivity index (χ0) is 17.3. The summed E-state index contributed by atoms with van der Waals surface area (Å²) in [5.41, 5.74) is 8.32. The van der Waals surface area contributed by atoms with Gasteiger partial charge in [0.1, 0.15) is 0 Å². The fraction of sp³-hybridized carbons (Fsp3) is 0.647. The van der Waals surface area contributed by atoms with E-state index in [0.717, 1.165) is 44.7 Å². The number of hydrogen-bond acceptors (Lipinski definition) is 4. The minimum absolute atomic E-state index is 0.753. The first-order valence-corrected chi connectivity index (χ1v) is 14.7. The molecular weight excluding hydrogens is 321 g/mol. The van der Waals surface area contributed by atoms with Gasteiger partial charge in [-0.1, -0.05) is 30.9 Å². The Kier molecular flexibility index (Phi) is 5.78. The van der Waals surface area contributed by atoms with Gasteiger partial charge in [0.2, 0.25) is 0 Å². The number of benzene rings is 1. The summed E-state index contributed by atoms with van der Waals surface area (Å²) in [4.78, 5) is 4.86. The van der Waals surface area contributed by atoms with Gasteiger partial charge in [-0.3, -0.25) is 9.80 Å². The van der Waals surface area contributed by atoms with E-state index in [4.69, 9.17) is 5.73 Å². The van der Waals surface area contributed by atoms with E-state index in [1.54, 1.807) is 0 Å². The second-order valence-corrected chi connectivity index (χ2v) is 16.7. The van der Waals surface area contributed by atoms with Gasteiger partial charge in [0, 0.05) is 38.4 Å². The van der Waals surface area contributed by atoms with Crippen molar-refractivity contribution in [2.75, 3.05) is 51.5 Å². The molecule has 0 amide bonds. The van der Waals surface area contributed by atoms with Gasteiger partial charge >= 0.3 is 0 Å². The van der Waals surface area contributed by atoms with Crippen molar-refractivity contribution in [3.8, 4) is 0 Å². The molecule has 23 heavy (non-hydrogen) atoms. The van der Waals surface area contributed by atoms with Crippen LogP contribution in [0.2, 0.25) is 19.6 Å². The second-order valence-electron chi connectivity index (χ2n) is 8.28. The topological polar surface area (TPSA) is 49.6 Å². The molecule has 1 aromatic rings. The summed E-state index contributed by atoms with van der Waals surface area (Å²) < 4.78 is 12.0. The van der Waals surface area contributed by atoms with Gasteiger partial charge in [-0.05, 0) is 31.0 Å². The van der Waals surface area contributed by atoms with E-state index in [9.17, 15) is 4.57 Å². The lowest BCUT2D eigenvalue weighted by Gasteiger charge is -2.36. The van der Waals surface area contributed by atoms with Crippen LogP contribution >= 0.6 is 7.14 Å². The average molecular weight is 354 g/mol. The molecule has 0 radical (unpaired) electrons. The third kappa shape index (κ3) is 5.75. The Morgan fingerprint density at radius 3 is 2.17 bits per heavy atom. The van der Waals surface area contributed by atoms with Gasteiger partial charge < -0.3 is 10.3 Å². The van der Waals surface area contributed by atoms with Crippen LogP contribution in [0.3, 0.4) is 0 Å². The fourth-order valence-electron chi connectivity index (χ4n) is 3.24. The summed E-state index contributed by atoms with van der Waals surface area (Å²) in [6, 6.07) is 6.42. The molecule has 0 atom stereocenters. The quantitative estimate of drug-likeness (QED) is 0.502. The molecule has 0 spiro atoms. The summed E-state index contributed by atoms with van der Waals surface area (Å²) in [5.74, 6) is 0. The Hall–Kier alpha value is -0.613. The van der Waals surface area contributed by atoms with E-state index < -0.39 is 15.2 Å². The predicted molar refractivity (Wildman–Crippen MR) is 105 cm³/mol. The van der Waals surface area contributed by atoms with Crippen LogP contribution < -0.4 is 10.9 Å². The molecule has 1 aliphatic heterocycles. The monoisotopic (exact) mass is 353 g/mol. The highest BCUT2D eigenvalue weighted by Crippen LogP contribution is 2.36. The van der Waals surface area contributed by atoms with Crippen LogP contribution in [0.25, 0.3) is 0 Å². The highest BCUT2D eigenvalue weighted by Gasteiger charge is 2.24. The first-order valence-electron chi connectivity index (χ1n) is 8.42. The lowest BCUT2D eigenvalue weighted by atomic mass is 10.1. The fourth-order valence-corrected chi connectivity index (χ4v) is 6.21. The van der Waals surface area contributed by atoms with Crippen molar-refractivity contribution in [3.05, 3.63) is 23.8 Å². The predicted octanol–water partition coefficient (Wildman–Crippen LogP) is 2.51. The van der Waals surface area contributed by atoms with Crippen LogP contribution in [0, 0.1) is 0 Å². The molecular formula is C17H32N3OPSi. The van der Waals surface area contributed by atoms with Crippen LogP contribution in [-0.2, 0) is 11.1 Å². The number of piperazine rings is 1. The number of nitrogens with zero attached hydrogens (tertiary/aromatic N) is 2. The van der Waals surface area contributed by atoms with Gasteiger partial charge in [-0.25, -0.2) is 0 Å². The maximum atomic E-state index is 12.0. The molecule has 6 heteroatoms. The van der Waals surface area contributed by atoms with E-state index in [0.29, 0.717) is 0 Å². The molecule has 1 aromatic carbocycles. The molecule has 4 nitrogen and oxygen atoms in total. The summed E-state index contributed by atoms with van der Waals surface area (Å²) in [5, 5.41) is 1.48. The summed E-state index contributed by atoms with van der Waals surface area (Å²) in [6.07, 6.45) is 0.753. The number of rotatable bonds is 5. The molecule has 1 saturated heterocycles. The van der Waals surface area contributed by atoms with Gasteiger partial charge in [0.05, 0.1) is 21.5 Å². The maximum Gasteiger partial charge on any atom is 0.0951 e. The molecule has 1 heterocycles. The van der Waals surface area contributed by atoms with Crippen molar-refractivity contribution in [1.82, 2.24) is 9.80 Å². The van der Waals surface area contributed by atoms with E-state index in [1.807, 2.05) is 19.4 Å². The third-order valence-corrected chi connectivity index (χ3v) is 7.50. The van der Waals surface area contributed by atoms with Crippen molar-refractivity contribution in [2.24, 2.45) is 0 Å². The van der Waals surface area contributed by atoms with Crippen molar-refractivity contribution in [3.63, 3.8) is 0 Å². The van der Waals surface area contributed by atoms with Gasteiger partial charge in [0.25, 0.3) is 0 Å². The Morgan fingerprint density at radius 2 is 1.65 bits per heavy atom. The lowest BCUT2D eigenvalue weighted by molar-refractivity contribution is 0.142. The van der Waals surface area contributed by atoms with Crippen LogP contribution in [0.1, 0.15) is 5.56 Å². The van der Waals surface area contributed by atoms with Crippen LogP contribution in [0.15, 0.2) is 18.2 Å². The zero-order valence-electron chi connectivity index (χ0n) is 15.3. The number of nitrogen functional groups attached to an aromatic ring is 1. The Bertz CT molecular complexity index is 586. The van der Waals surface area contributed by atoms with E-state index in [1.165, 1.54) is 10.8 Å². The molecule has 0 aromatic heterocycles. The second kappa shape index (κ2) is 7.10. The van der Waals surface area contributed by atoms with Crippen LogP contribution in [0.4, 0.5) is 5.69 Å². The molecule has 1 aliphatic rings. The van der Waals surface area contributed by atoms with Crippen molar-refractivity contribution in [2.45, 2.75) is 26.2 Å². The minimum Gasteiger partial charge on any atom is -0.399 e. The number of hydrogen-bond donors (Lipinski definition) is 1. The number of anilines is 1. The first kappa shape index (κ1) is 18.7. The molecule has 0 unspecified atom stereocenters. The summed E-state index contributed by atoms with van der Waals surface area (Å²) >= 11 is 0. The first-order chi connectivity index (χ1) is 10.5. The molecule has 0 aliphatic carbocycles. The Balaban J connectivity index is 2.01. The van der Waals surface area contributed by atoms with Crippen LogP contribution in [-0.4, -0.2) is 63.7 Å².